The summed E-state index contributed by atoms with van der Waals surface area (Å²) in [5.41, 5.74) is 0.607. The summed E-state index contributed by atoms with van der Waals surface area (Å²) < 4.78 is 38.0. The molecule has 2 aromatic carbocycles. The third kappa shape index (κ3) is 5.94. The topological polar surface area (TPSA) is 46.2 Å². The zero-order chi connectivity index (χ0) is 18.4. The van der Waals surface area contributed by atoms with Gasteiger partial charge in [-0.15, -0.1) is 11.8 Å². The van der Waals surface area contributed by atoms with Gasteiger partial charge in [0.1, 0.15) is 0 Å². The van der Waals surface area contributed by atoms with Gasteiger partial charge in [0.2, 0.25) is 5.91 Å². The molecule has 0 spiro atoms. The molecule has 0 bridgehead atoms. The highest BCUT2D eigenvalue weighted by Gasteiger charge is 2.30. The van der Waals surface area contributed by atoms with E-state index < -0.39 is 11.7 Å². The van der Waals surface area contributed by atoms with Crippen LogP contribution in [0.1, 0.15) is 28.4 Å². The molecule has 132 valence electrons. The largest absolute Gasteiger partial charge is 0.416 e. The van der Waals surface area contributed by atoms with Crippen LogP contribution in [0.2, 0.25) is 0 Å². The number of carbonyl (C=O) groups excluding carboxylic acids is 2. The minimum atomic E-state index is -4.40. The maximum Gasteiger partial charge on any atom is 0.416 e. The van der Waals surface area contributed by atoms with Gasteiger partial charge in [-0.2, -0.15) is 13.2 Å². The van der Waals surface area contributed by atoms with E-state index in [1.165, 1.54) is 13.0 Å². The summed E-state index contributed by atoms with van der Waals surface area (Å²) >= 11 is 1.07. The average Bonchev–Trinajstić information content (AvgIpc) is 2.58. The number of thioether (sulfide) groups is 1. The van der Waals surface area contributed by atoms with Crippen molar-refractivity contribution >= 4 is 23.5 Å². The summed E-state index contributed by atoms with van der Waals surface area (Å²) in [4.78, 5) is 23.4. The molecule has 0 heterocycles. The Labute approximate surface area is 147 Å². The van der Waals surface area contributed by atoms with Gasteiger partial charge in [-0.05, 0) is 23.8 Å². The molecule has 0 unspecified atom stereocenters. The van der Waals surface area contributed by atoms with Gasteiger partial charge in [0, 0.05) is 23.9 Å². The molecule has 0 aliphatic carbocycles. The van der Waals surface area contributed by atoms with Crippen molar-refractivity contribution in [1.29, 1.82) is 0 Å². The summed E-state index contributed by atoms with van der Waals surface area (Å²) in [5.74, 6) is -0.266. The van der Waals surface area contributed by atoms with Crippen LogP contribution < -0.4 is 5.32 Å². The third-order valence-electron chi connectivity index (χ3n) is 3.35. The Balaban J connectivity index is 1.95. The van der Waals surface area contributed by atoms with Crippen molar-refractivity contribution in [1.82, 2.24) is 5.32 Å². The summed E-state index contributed by atoms with van der Waals surface area (Å²) in [6.45, 7) is 1.80. The van der Waals surface area contributed by atoms with Gasteiger partial charge in [0.05, 0.1) is 11.3 Å². The number of rotatable bonds is 6. The van der Waals surface area contributed by atoms with Crippen LogP contribution in [0.4, 0.5) is 13.2 Å². The molecular formula is C18H16F3NO2S. The molecule has 0 fully saturated rings. The van der Waals surface area contributed by atoms with Gasteiger partial charge in [0.25, 0.3) is 0 Å². The van der Waals surface area contributed by atoms with Crippen molar-refractivity contribution in [3.8, 4) is 0 Å². The highest BCUT2D eigenvalue weighted by molar-refractivity contribution is 8.00. The molecule has 25 heavy (non-hydrogen) atoms. The lowest BCUT2D eigenvalue weighted by molar-refractivity contribution is -0.137. The first-order valence-corrected chi connectivity index (χ1v) is 8.41. The minimum Gasteiger partial charge on any atom is -0.352 e. The van der Waals surface area contributed by atoms with Gasteiger partial charge >= 0.3 is 6.18 Å². The first-order chi connectivity index (χ1) is 11.8. The molecule has 0 aliphatic heterocycles. The fourth-order valence-electron chi connectivity index (χ4n) is 2.03. The molecule has 2 aromatic rings. The molecule has 0 saturated heterocycles. The maximum atomic E-state index is 12.7. The average molecular weight is 367 g/mol. The first kappa shape index (κ1) is 19.1. The zero-order valence-corrected chi connectivity index (χ0v) is 14.2. The molecule has 7 heteroatoms. The fraction of sp³-hybridized carbons (Fsp3) is 0.222. The number of alkyl halides is 3. The van der Waals surface area contributed by atoms with E-state index in [2.05, 4.69) is 5.32 Å². The lowest BCUT2D eigenvalue weighted by Gasteiger charge is -2.08. The van der Waals surface area contributed by atoms with Gasteiger partial charge < -0.3 is 5.32 Å². The maximum absolute atomic E-state index is 12.7. The first-order valence-electron chi connectivity index (χ1n) is 7.42. The molecule has 0 atom stereocenters. The van der Waals surface area contributed by atoms with Crippen LogP contribution in [-0.4, -0.2) is 17.4 Å². The van der Waals surface area contributed by atoms with Crippen LogP contribution in [-0.2, 0) is 17.5 Å². The van der Waals surface area contributed by atoms with E-state index in [1.807, 2.05) is 0 Å². The highest BCUT2D eigenvalue weighted by Crippen LogP contribution is 2.32. The lowest BCUT2D eigenvalue weighted by Crippen LogP contribution is -2.18. The van der Waals surface area contributed by atoms with Crippen LogP contribution in [0.25, 0.3) is 0 Å². The molecule has 2 rings (SSSR count). The Hall–Kier alpha value is -2.28. The lowest BCUT2D eigenvalue weighted by atomic mass is 10.1. The van der Waals surface area contributed by atoms with E-state index >= 15 is 0 Å². The number of amides is 1. The Morgan fingerprint density at radius 3 is 2.36 bits per heavy atom. The standard InChI is InChI=1S/C18H16F3NO2S/c1-12(23)22-10-13-5-7-14(8-6-13)17(24)11-25-16-4-2-3-15(9-16)18(19,20)21/h2-9H,10-11H2,1H3,(H,22,23). The second kappa shape index (κ2) is 8.20. The third-order valence-corrected chi connectivity index (χ3v) is 4.34. The molecule has 0 aromatic heterocycles. The normalized spacial score (nSPS) is 11.2. The smallest absolute Gasteiger partial charge is 0.352 e. The molecule has 1 amide bonds. The molecule has 3 nitrogen and oxygen atoms in total. The Morgan fingerprint density at radius 2 is 1.76 bits per heavy atom. The van der Waals surface area contributed by atoms with Crippen LogP contribution in [0.3, 0.4) is 0 Å². The number of benzene rings is 2. The SMILES string of the molecule is CC(=O)NCc1ccc(C(=O)CSc2cccc(C(F)(F)F)c2)cc1. The van der Waals surface area contributed by atoms with E-state index in [1.54, 1.807) is 30.3 Å². The van der Waals surface area contributed by atoms with Crippen LogP contribution in [0.5, 0.6) is 0 Å². The van der Waals surface area contributed by atoms with Gasteiger partial charge in [0.15, 0.2) is 5.78 Å². The number of Topliss-reactive ketones (excluding diaryl/α,β-unsaturated/α-hetero) is 1. The minimum absolute atomic E-state index is 0.0480. The van der Waals surface area contributed by atoms with E-state index in [-0.39, 0.29) is 17.4 Å². The number of hydrogen-bond acceptors (Lipinski definition) is 3. The quantitative estimate of drug-likeness (QED) is 0.611. The summed E-state index contributed by atoms with van der Waals surface area (Å²) in [6.07, 6.45) is -4.40. The fourth-order valence-corrected chi connectivity index (χ4v) is 2.88. The Kier molecular flexibility index (Phi) is 6.25. The molecule has 0 aliphatic rings. The Morgan fingerprint density at radius 1 is 1.08 bits per heavy atom. The van der Waals surface area contributed by atoms with E-state index in [0.717, 1.165) is 29.5 Å². The number of hydrogen-bond donors (Lipinski definition) is 1. The number of carbonyl (C=O) groups is 2. The van der Waals surface area contributed by atoms with Crippen LogP contribution >= 0.6 is 11.8 Å². The van der Waals surface area contributed by atoms with E-state index in [4.69, 9.17) is 0 Å². The molecular weight excluding hydrogens is 351 g/mol. The zero-order valence-electron chi connectivity index (χ0n) is 13.4. The van der Waals surface area contributed by atoms with E-state index in [9.17, 15) is 22.8 Å². The summed E-state index contributed by atoms with van der Waals surface area (Å²) in [7, 11) is 0. The van der Waals surface area contributed by atoms with Crippen LogP contribution in [0, 0.1) is 0 Å². The number of nitrogens with one attached hydrogen (secondary N) is 1. The highest BCUT2D eigenvalue weighted by atomic mass is 32.2. The predicted octanol–water partition coefficient (Wildman–Crippen LogP) is 4.32. The van der Waals surface area contributed by atoms with E-state index in [0.29, 0.717) is 17.0 Å². The Bertz CT molecular complexity index is 758. The van der Waals surface area contributed by atoms with Crippen molar-refractivity contribution in [3.05, 3.63) is 65.2 Å². The number of ketones is 1. The van der Waals surface area contributed by atoms with Gasteiger partial charge in [-0.25, -0.2) is 0 Å². The molecule has 1 N–H and O–H groups in total. The second-order valence-electron chi connectivity index (χ2n) is 5.34. The van der Waals surface area contributed by atoms with Crippen molar-refractivity contribution in [3.63, 3.8) is 0 Å². The molecule has 0 saturated carbocycles. The van der Waals surface area contributed by atoms with Crippen molar-refractivity contribution < 1.29 is 22.8 Å². The second-order valence-corrected chi connectivity index (χ2v) is 6.39. The summed E-state index contributed by atoms with van der Waals surface area (Å²) in [5, 5.41) is 2.65. The monoisotopic (exact) mass is 367 g/mol. The van der Waals surface area contributed by atoms with Gasteiger partial charge in [-0.3, -0.25) is 9.59 Å². The van der Waals surface area contributed by atoms with Crippen molar-refractivity contribution in [2.24, 2.45) is 0 Å². The van der Waals surface area contributed by atoms with Gasteiger partial charge in [-0.1, -0.05) is 30.3 Å². The summed E-state index contributed by atoms with van der Waals surface area (Å²) in [6, 6.07) is 11.7. The van der Waals surface area contributed by atoms with Crippen LogP contribution in [0.15, 0.2) is 53.4 Å². The molecule has 0 radical (unpaired) electrons. The number of halogens is 3. The van der Waals surface area contributed by atoms with Crippen molar-refractivity contribution in [2.75, 3.05) is 5.75 Å². The van der Waals surface area contributed by atoms with Crippen molar-refractivity contribution in [2.45, 2.75) is 24.5 Å². The predicted molar refractivity (Wildman–Crippen MR) is 90.5 cm³/mol.